The third-order valence-corrected chi connectivity index (χ3v) is 3.14. The molecule has 8 heavy (non-hydrogen) atoms. The van der Waals surface area contributed by atoms with Crippen LogP contribution < -0.4 is 0 Å². The fourth-order valence-corrected chi connectivity index (χ4v) is 1.34. The molecule has 0 radical (unpaired) electrons. The normalized spacial score (nSPS) is 16.2. The van der Waals surface area contributed by atoms with Crippen LogP contribution in [0.15, 0.2) is 0 Å². The van der Waals surface area contributed by atoms with Crippen LogP contribution in [0.4, 0.5) is 0 Å². The van der Waals surface area contributed by atoms with Crippen LogP contribution in [0.1, 0.15) is 0 Å². The topological polar surface area (TPSA) is 83.8 Å². The average molecular weight is 305 g/mol. The number of rotatable bonds is 2. The molecule has 0 bridgehead atoms. The quantitative estimate of drug-likeness (QED) is 0.567. The van der Waals surface area contributed by atoms with Crippen molar-refractivity contribution in [1.82, 2.24) is 0 Å². The molecule has 0 aromatic rings. The van der Waals surface area contributed by atoms with E-state index in [9.17, 15) is 7.67 Å². The molecule has 0 rings (SSSR count). The minimum atomic E-state index is -3.38. The third-order valence-electron chi connectivity index (χ3n) is 0.116. The second kappa shape index (κ2) is 6.27. The van der Waals surface area contributed by atoms with Crippen LogP contribution in [0.3, 0.4) is 0 Å². The first-order valence-electron chi connectivity index (χ1n) is 1.03. The summed E-state index contributed by atoms with van der Waals surface area (Å²) < 4.78 is 37.9. The van der Waals surface area contributed by atoms with Crippen LogP contribution in [-0.4, -0.2) is 37.4 Å². The van der Waals surface area contributed by atoms with Gasteiger partial charge in [0.25, 0.3) is 0 Å². The number of hydrogen-bond acceptors (Lipinski definition) is 3. The van der Waals surface area contributed by atoms with E-state index in [1.807, 2.05) is 0 Å². The maximum Gasteiger partial charge on any atom is 0 e. The van der Waals surface area contributed by atoms with Crippen molar-refractivity contribution >= 4 is 29.0 Å². The minimum absolute atomic E-state index is 0. The summed E-state index contributed by atoms with van der Waals surface area (Å²) in [5.74, 6) is 0. The van der Waals surface area contributed by atoms with Gasteiger partial charge in [0.1, 0.15) is 0 Å². The summed E-state index contributed by atoms with van der Waals surface area (Å²) in [6.07, 6.45) is 0. The molecule has 0 spiro atoms. The van der Waals surface area contributed by atoms with Gasteiger partial charge in [-0.25, -0.2) is 0 Å². The predicted octanol–water partition coefficient (Wildman–Crippen LogP) is -2.18. The molecule has 0 aliphatic carbocycles. The standard InChI is InChI=1S/H2O5Se2.Zn/c1-6(2)5-7(3)4;/h(H,1,2)(H,3,4);. The minimum Gasteiger partial charge on any atom is 0 e. The molecule has 0 fully saturated rings. The van der Waals surface area contributed by atoms with E-state index in [0.717, 1.165) is 0 Å². The molecule has 0 aromatic heterocycles. The average Bonchev–Trinajstić information content (AvgIpc) is 1.27. The van der Waals surface area contributed by atoms with Crippen molar-refractivity contribution in [2.45, 2.75) is 0 Å². The summed E-state index contributed by atoms with van der Waals surface area (Å²) in [6.45, 7) is 0. The van der Waals surface area contributed by atoms with Gasteiger partial charge in [-0.05, 0) is 0 Å². The van der Waals surface area contributed by atoms with E-state index in [1.54, 1.807) is 0 Å². The fourth-order valence-electron chi connectivity index (χ4n) is 0.0498. The van der Waals surface area contributed by atoms with Gasteiger partial charge in [-0.1, -0.05) is 0 Å². The second-order valence-corrected chi connectivity index (χ2v) is 4.09. The molecule has 0 atom stereocenters. The Morgan fingerprint density at radius 2 is 1.38 bits per heavy atom. The van der Waals surface area contributed by atoms with Gasteiger partial charge in [0.05, 0.1) is 0 Å². The molecule has 0 saturated heterocycles. The van der Waals surface area contributed by atoms with Crippen molar-refractivity contribution in [3.8, 4) is 0 Å². The first-order valence-corrected chi connectivity index (χ1v) is 5.36. The van der Waals surface area contributed by atoms with Crippen LogP contribution in [0.2, 0.25) is 0 Å². The molecule has 46 valence electrons. The Hall–Kier alpha value is 1.14. The summed E-state index contributed by atoms with van der Waals surface area (Å²) in [7, 11) is 0. The van der Waals surface area contributed by atoms with Crippen molar-refractivity contribution in [1.29, 1.82) is 0 Å². The van der Waals surface area contributed by atoms with Crippen LogP contribution in [0.5, 0.6) is 0 Å². The summed E-state index contributed by atoms with van der Waals surface area (Å²) in [4.78, 5) is 0. The maximum atomic E-state index is 9.47. The van der Waals surface area contributed by atoms with Crippen LogP contribution >= 0.6 is 0 Å². The third kappa shape index (κ3) is 10.2. The number of hydrogen-bond donors (Lipinski definition) is 2. The van der Waals surface area contributed by atoms with Crippen molar-refractivity contribution in [2.75, 3.05) is 0 Å². The predicted molar refractivity (Wildman–Crippen MR) is 18.4 cm³/mol. The first kappa shape index (κ1) is 11.9. The van der Waals surface area contributed by atoms with Crippen molar-refractivity contribution in [3.63, 3.8) is 0 Å². The van der Waals surface area contributed by atoms with E-state index in [-0.39, 0.29) is 19.5 Å². The molecule has 2 N–H and O–H groups in total. The molecule has 0 saturated carbocycles. The van der Waals surface area contributed by atoms with Gasteiger partial charge in [0.15, 0.2) is 0 Å². The van der Waals surface area contributed by atoms with Gasteiger partial charge in [0, 0.05) is 19.5 Å². The summed E-state index contributed by atoms with van der Waals surface area (Å²) >= 11 is -6.75. The van der Waals surface area contributed by atoms with E-state index >= 15 is 0 Å². The molecule has 0 unspecified atom stereocenters. The van der Waals surface area contributed by atoms with Gasteiger partial charge in [0.2, 0.25) is 0 Å². The first-order chi connectivity index (χ1) is 3.13. The van der Waals surface area contributed by atoms with Crippen LogP contribution in [0.25, 0.3) is 0 Å². The molecular formula is H2O5Se2Zn. The molecule has 0 aromatic carbocycles. The fraction of sp³-hybridized carbons (Fsp3) is 0. The molecule has 0 aliphatic rings. The molecule has 0 aliphatic heterocycles. The van der Waals surface area contributed by atoms with Crippen LogP contribution in [-0.2, 0) is 30.0 Å². The Labute approximate surface area is 67.3 Å². The summed E-state index contributed by atoms with van der Waals surface area (Å²) in [6, 6.07) is 0. The zero-order valence-corrected chi connectivity index (χ0v) is 10.0. The summed E-state index contributed by atoms with van der Waals surface area (Å²) in [5, 5.41) is 0. The SMILES string of the molecule is O=[Se](O)O[Se](=O)O.[Zn]. The van der Waals surface area contributed by atoms with Gasteiger partial charge in [-0.3, -0.25) is 0 Å². The van der Waals surface area contributed by atoms with Crippen molar-refractivity contribution in [2.24, 2.45) is 0 Å². The zero-order chi connectivity index (χ0) is 5.86. The monoisotopic (exact) mass is 306 g/mol. The van der Waals surface area contributed by atoms with E-state index < -0.39 is 29.0 Å². The molecule has 0 amide bonds. The van der Waals surface area contributed by atoms with E-state index in [2.05, 4.69) is 2.90 Å². The van der Waals surface area contributed by atoms with Crippen LogP contribution in [0, 0.1) is 0 Å². The Kier molecular flexibility index (Phi) is 9.31. The Morgan fingerprint density at radius 3 is 1.38 bits per heavy atom. The zero-order valence-electron chi connectivity index (χ0n) is 3.64. The summed E-state index contributed by atoms with van der Waals surface area (Å²) in [5.41, 5.74) is 0. The largest absolute Gasteiger partial charge is 0 e. The molecular weight excluding hydrogens is 303 g/mol. The molecule has 0 heterocycles. The van der Waals surface area contributed by atoms with Gasteiger partial charge in [-0.15, -0.1) is 0 Å². The van der Waals surface area contributed by atoms with Gasteiger partial charge >= 0.3 is 47.9 Å². The van der Waals surface area contributed by atoms with Gasteiger partial charge in [-0.2, -0.15) is 0 Å². The maximum absolute atomic E-state index is 9.47. The van der Waals surface area contributed by atoms with Crippen molar-refractivity contribution < 1.29 is 38.4 Å². The van der Waals surface area contributed by atoms with E-state index in [4.69, 9.17) is 8.38 Å². The van der Waals surface area contributed by atoms with Gasteiger partial charge < -0.3 is 0 Å². The smallest absolute Gasteiger partial charge is 0 e. The molecule has 5 nitrogen and oxygen atoms in total. The molecule has 8 heteroatoms. The Morgan fingerprint density at radius 1 is 1.12 bits per heavy atom. The Balaban J connectivity index is 0. The van der Waals surface area contributed by atoms with Crippen molar-refractivity contribution in [3.05, 3.63) is 0 Å². The second-order valence-electron chi connectivity index (χ2n) is 0.502. The Bertz CT molecular complexity index is 86.6. The van der Waals surface area contributed by atoms with E-state index in [1.165, 1.54) is 0 Å². The van der Waals surface area contributed by atoms with E-state index in [0.29, 0.717) is 0 Å².